The van der Waals surface area contributed by atoms with E-state index in [1.807, 2.05) is 0 Å². The van der Waals surface area contributed by atoms with E-state index in [0.29, 0.717) is 11.3 Å². The first kappa shape index (κ1) is 11.3. The molecule has 2 fully saturated rings. The van der Waals surface area contributed by atoms with Crippen LogP contribution in [-0.4, -0.2) is 21.6 Å². The first-order valence-corrected chi connectivity index (χ1v) is 6.84. The van der Waals surface area contributed by atoms with Crippen LogP contribution in [-0.2, 0) is 4.79 Å². The zero-order chi connectivity index (χ0) is 11.1. The molecular formula is C12H20O2S. The second-order valence-electron chi connectivity index (χ2n) is 5.71. The van der Waals surface area contributed by atoms with Gasteiger partial charge in [0.15, 0.2) is 0 Å². The monoisotopic (exact) mass is 228 g/mol. The van der Waals surface area contributed by atoms with Crippen molar-refractivity contribution in [2.24, 2.45) is 11.3 Å². The Labute approximate surface area is 95.8 Å². The van der Waals surface area contributed by atoms with Crippen LogP contribution < -0.4 is 0 Å². The third-order valence-electron chi connectivity index (χ3n) is 3.82. The molecule has 15 heavy (non-hydrogen) atoms. The molecule has 0 bridgehead atoms. The molecule has 0 radical (unpaired) electrons. The van der Waals surface area contributed by atoms with Crippen molar-refractivity contribution in [3.63, 3.8) is 0 Å². The Morgan fingerprint density at radius 1 is 1.40 bits per heavy atom. The third kappa shape index (κ3) is 1.91. The van der Waals surface area contributed by atoms with E-state index in [4.69, 9.17) is 0 Å². The lowest BCUT2D eigenvalue weighted by atomic mass is 9.51. The topological polar surface area (TPSA) is 37.3 Å². The molecule has 3 heteroatoms. The van der Waals surface area contributed by atoms with Crippen LogP contribution in [0.4, 0.5) is 0 Å². The Bertz CT molecular complexity index is 261. The highest BCUT2D eigenvalue weighted by molar-refractivity contribution is 8.01. The number of carboxylic acids is 1. The van der Waals surface area contributed by atoms with Gasteiger partial charge in [0.25, 0.3) is 0 Å². The summed E-state index contributed by atoms with van der Waals surface area (Å²) in [6.45, 7) is 4.31. The summed E-state index contributed by atoms with van der Waals surface area (Å²) < 4.78 is -0.426. The van der Waals surface area contributed by atoms with Gasteiger partial charge in [-0.3, -0.25) is 4.79 Å². The highest BCUT2D eigenvalue weighted by atomic mass is 32.2. The largest absolute Gasteiger partial charge is 0.480 e. The van der Waals surface area contributed by atoms with E-state index < -0.39 is 10.7 Å². The lowest BCUT2D eigenvalue weighted by molar-refractivity contribution is -0.149. The summed E-state index contributed by atoms with van der Waals surface area (Å²) in [4.78, 5) is 11.3. The molecule has 0 unspecified atom stereocenters. The van der Waals surface area contributed by atoms with Crippen molar-refractivity contribution in [1.82, 2.24) is 0 Å². The van der Waals surface area contributed by atoms with Crippen LogP contribution in [0.25, 0.3) is 0 Å². The lowest BCUT2D eigenvalue weighted by Gasteiger charge is -2.58. The van der Waals surface area contributed by atoms with Gasteiger partial charge in [0.2, 0.25) is 0 Å². The van der Waals surface area contributed by atoms with E-state index >= 15 is 0 Å². The number of thioether (sulfide) groups is 1. The first-order valence-electron chi connectivity index (χ1n) is 5.85. The van der Waals surface area contributed by atoms with Crippen LogP contribution in [0.3, 0.4) is 0 Å². The number of carboxylic acid groups (broad SMARTS) is 1. The van der Waals surface area contributed by atoms with Crippen LogP contribution >= 0.6 is 11.8 Å². The van der Waals surface area contributed by atoms with Crippen LogP contribution in [0.2, 0.25) is 0 Å². The van der Waals surface area contributed by atoms with Gasteiger partial charge in [0.1, 0.15) is 4.75 Å². The minimum atomic E-state index is -0.578. The zero-order valence-electron chi connectivity index (χ0n) is 9.58. The number of hydrogen-bond donors (Lipinski definition) is 1. The SMILES string of the molecule is CC(C)CSC1(C(=O)O)CC2(CCC2)C1. The predicted molar refractivity (Wildman–Crippen MR) is 63.2 cm³/mol. The van der Waals surface area contributed by atoms with Crippen molar-refractivity contribution in [3.8, 4) is 0 Å². The average molecular weight is 228 g/mol. The Morgan fingerprint density at radius 2 is 2.00 bits per heavy atom. The van der Waals surface area contributed by atoms with Gasteiger partial charge in [-0.25, -0.2) is 0 Å². The third-order valence-corrected chi connectivity index (χ3v) is 5.67. The normalized spacial score (nSPS) is 26.1. The Kier molecular flexibility index (Phi) is 2.78. The van der Waals surface area contributed by atoms with Crippen LogP contribution in [0, 0.1) is 11.3 Å². The van der Waals surface area contributed by atoms with Crippen molar-refractivity contribution < 1.29 is 9.90 Å². The second-order valence-corrected chi connectivity index (χ2v) is 7.11. The van der Waals surface area contributed by atoms with Gasteiger partial charge in [-0.15, -0.1) is 11.8 Å². The van der Waals surface area contributed by atoms with Gasteiger partial charge in [-0.2, -0.15) is 0 Å². The molecule has 86 valence electrons. The van der Waals surface area contributed by atoms with Gasteiger partial charge in [-0.05, 0) is 42.8 Å². The number of rotatable bonds is 4. The lowest BCUT2D eigenvalue weighted by Crippen LogP contribution is -2.57. The molecule has 2 aliphatic carbocycles. The number of carbonyl (C=O) groups is 1. The van der Waals surface area contributed by atoms with Crippen molar-refractivity contribution in [1.29, 1.82) is 0 Å². The van der Waals surface area contributed by atoms with Crippen LogP contribution in [0.15, 0.2) is 0 Å². The molecule has 0 aromatic rings. The average Bonchev–Trinajstić information content (AvgIpc) is 1.98. The predicted octanol–water partition coefficient (Wildman–Crippen LogP) is 3.16. The molecule has 0 saturated heterocycles. The quantitative estimate of drug-likeness (QED) is 0.803. The summed E-state index contributed by atoms with van der Waals surface area (Å²) in [5.74, 6) is 0.984. The zero-order valence-corrected chi connectivity index (χ0v) is 10.4. The van der Waals surface area contributed by atoms with Crippen LogP contribution in [0.1, 0.15) is 46.0 Å². The number of aliphatic carboxylic acids is 1. The molecule has 1 spiro atoms. The molecule has 2 nitrogen and oxygen atoms in total. The van der Waals surface area contributed by atoms with E-state index in [9.17, 15) is 9.90 Å². The Hall–Kier alpha value is -0.180. The molecule has 0 aliphatic heterocycles. The molecule has 2 aliphatic rings. The molecule has 0 amide bonds. The highest BCUT2D eigenvalue weighted by Gasteiger charge is 2.61. The van der Waals surface area contributed by atoms with E-state index in [-0.39, 0.29) is 0 Å². The van der Waals surface area contributed by atoms with Gasteiger partial charge in [0.05, 0.1) is 0 Å². The Balaban J connectivity index is 1.93. The summed E-state index contributed by atoms with van der Waals surface area (Å²) in [6.07, 6.45) is 5.69. The van der Waals surface area contributed by atoms with Crippen molar-refractivity contribution >= 4 is 17.7 Å². The molecule has 0 aromatic heterocycles. The van der Waals surface area contributed by atoms with Crippen molar-refractivity contribution in [3.05, 3.63) is 0 Å². The summed E-state index contributed by atoms with van der Waals surface area (Å²) in [5, 5.41) is 9.33. The maximum Gasteiger partial charge on any atom is 0.319 e. The van der Waals surface area contributed by atoms with Gasteiger partial charge in [-0.1, -0.05) is 20.3 Å². The minimum absolute atomic E-state index is 0.426. The van der Waals surface area contributed by atoms with Crippen molar-refractivity contribution in [2.45, 2.75) is 50.7 Å². The Morgan fingerprint density at radius 3 is 2.33 bits per heavy atom. The van der Waals surface area contributed by atoms with Gasteiger partial charge >= 0.3 is 5.97 Å². The maximum atomic E-state index is 11.3. The molecule has 0 aromatic carbocycles. The van der Waals surface area contributed by atoms with Gasteiger partial charge < -0.3 is 5.11 Å². The van der Waals surface area contributed by atoms with Crippen LogP contribution in [0.5, 0.6) is 0 Å². The molecule has 0 heterocycles. The molecule has 2 rings (SSSR count). The van der Waals surface area contributed by atoms with E-state index in [1.165, 1.54) is 19.3 Å². The standard InChI is InChI=1S/C12H20O2S/c1-9(2)6-15-12(10(13)14)7-11(8-12)4-3-5-11/h9H,3-8H2,1-2H3,(H,13,14). The maximum absolute atomic E-state index is 11.3. The fraction of sp³-hybridized carbons (Fsp3) is 0.917. The minimum Gasteiger partial charge on any atom is -0.480 e. The van der Waals surface area contributed by atoms with E-state index in [2.05, 4.69) is 13.8 Å². The smallest absolute Gasteiger partial charge is 0.319 e. The summed E-state index contributed by atoms with van der Waals surface area (Å²) >= 11 is 1.68. The first-order chi connectivity index (χ1) is 6.98. The highest BCUT2D eigenvalue weighted by Crippen LogP contribution is 2.65. The fourth-order valence-corrected chi connectivity index (χ4v) is 4.42. The summed E-state index contributed by atoms with van der Waals surface area (Å²) in [7, 11) is 0. The second kappa shape index (κ2) is 3.69. The van der Waals surface area contributed by atoms with E-state index in [1.54, 1.807) is 11.8 Å². The van der Waals surface area contributed by atoms with Gasteiger partial charge in [0, 0.05) is 0 Å². The number of hydrogen-bond acceptors (Lipinski definition) is 2. The molecule has 0 atom stereocenters. The molecular weight excluding hydrogens is 208 g/mol. The molecule has 2 saturated carbocycles. The van der Waals surface area contributed by atoms with E-state index in [0.717, 1.165) is 18.6 Å². The van der Waals surface area contributed by atoms with Crippen molar-refractivity contribution in [2.75, 3.05) is 5.75 Å². The summed E-state index contributed by atoms with van der Waals surface area (Å²) in [6, 6.07) is 0. The fourth-order valence-electron chi connectivity index (χ4n) is 2.83. The molecule has 1 N–H and O–H groups in total. The summed E-state index contributed by atoms with van der Waals surface area (Å²) in [5.41, 5.74) is 0.447.